The lowest BCUT2D eigenvalue weighted by molar-refractivity contribution is 0.0941. The number of aromatic hydroxyl groups is 1. The van der Waals surface area contributed by atoms with Gasteiger partial charge in [-0.15, -0.1) is 0 Å². The van der Waals surface area contributed by atoms with Gasteiger partial charge in [0.05, 0.1) is 5.56 Å². The summed E-state index contributed by atoms with van der Waals surface area (Å²) < 4.78 is 13.5. The Bertz CT molecular complexity index is 418. The van der Waals surface area contributed by atoms with Gasteiger partial charge in [-0.3, -0.25) is 4.79 Å². The molecule has 0 aliphatic rings. The highest BCUT2D eigenvalue weighted by Gasteiger charge is 2.14. The zero-order chi connectivity index (χ0) is 14.3. The number of nitrogens with two attached hydrogens (primary N) is 1. The molecule has 0 saturated heterocycles. The van der Waals surface area contributed by atoms with Gasteiger partial charge in [0.2, 0.25) is 0 Å². The summed E-state index contributed by atoms with van der Waals surface area (Å²) in [5.41, 5.74) is 5.46. The predicted octanol–water partition coefficient (Wildman–Crippen LogP) is 2.03. The third kappa shape index (κ3) is 4.87. The molecule has 0 aliphatic carbocycles. The number of carbonyl (C=O) groups excluding carboxylic acids is 1. The molecule has 1 unspecified atom stereocenters. The number of hydrogen-bond acceptors (Lipinski definition) is 3. The Morgan fingerprint density at radius 3 is 2.79 bits per heavy atom. The smallest absolute Gasteiger partial charge is 0.254 e. The Kier molecular flexibility index (Phi) is 6.29. The van der Waals surface area contributed by atoms with Crippen molar-refractivity contribution in [1.82, 2.24) is 5.32 Å². The molecule has 106 valence electrons. The average molecular weight is 268 g/mol. The van der Waals surface area contributed by atoms with Crippen molar-refractivity contribution in [3.63, 3.8) is 0 Å². The van der Waals surface area contributed by atoms with Gasteiger partial charge in [0, 0.05) is 12.6 Å². The van der Waals surface area contributed by atoms with Crippen molar-refractivity contribution in [3.05, 3.63) is 29.6 Å². The molecule has 4 nitrogen and oxygen atoms in total. The van der Waals surface area contributed by atoms with Crippen LogP contribution in [-0.2, 0) is 0 Å². The minimum Gasteiger partial charge on any atom is -0.508 e. The molecular formula is C14H21FN2O2. The number of phenolic OH excluding ortho intramolecular Hbond substituents is 1. The highest BCUT2D eigenvalue weighted by Crippen LogP contribution is 2.15. The summed E-state index contributed by atoms with van der Waals surface area (Å²) in [4.78, 5) is 11.8. The summed E-state index contributed by atoms with van der Waals surface area (Å²) >= 11 is 0. The topological polar surface area (TPSA) is 75.3 Å². The van der Waals surface area contributed by atoms with Crippen LogP contribution in [0.3, 0.4) is 0 Å². The molecule has 0 spiro atoms. The standard InChI is InChI=1S/C14H21FN2O2/c1-2-3-10(6-7-16)9-17-14(19)12-5-4-11(18)8-13(12)15/h4-5,8,10,18H,2-3,6-7,9,16H2,1H3,(H,17,19). The molecular weight excluding hydrogens is 247 g/mol. The number of rotatable bonds is 7. The molecule has 1 aromatic rings. The van der Waals surface area contributed by atoms with Gasteiger partial charge < -0.3 is 16.2 Å². The van der Waals surface area contributed by atoms with E-state index >= 15 is 0 Å². The zero-order valence-electron chi connectivity index (χ0n) is 11.2. The van der Waals surface area contributed by atoms with Gasteiger partial charge in [0.15, 0.2) is 0 Å². The Morgan fingerprint density at radius 2 is 2.21 bits per heavy atom. The van der Waals surface area contributed by atoms with Crippen molar-refractivity contribution in [2.75, 3.05) is 13.1 Å². The number of benzene rings is 1. The Hall–Kier alpha value is -1.62. The fourth-order valence-electron chi connectivity index (χ4n) is 2.01. The van der Waals surface area contributed by atoms with Crippen LogP contribution in [0.5, 0.6) is 5.75 Å². The Morgan fingerprint density at radius 1 is 1.47 bits per heavy atom. The molecule has 0 bridgehead atoms. The van der Waals surface area contributed by atoms with E-state index in [4.69, 9.17) is 10.8 Å². The Balaban J connectivity index is 2.58. The molecule has 19 heavy (non-hydrogen) atoms. The van der Waals surface area contributed by atoms with Gasteiger partial charge in [0.25, 0.3) is 5.91 Å². The van der Waals surface area contributed by atoms with Crippen LogP contribution in [0.4, 0.5) is 4.39 Å². The van der Waals surface area contributed by atoms with Gasteiger partial charge in [-0.05, 0) is 37.4 Å². The molecule has 0 aliphatic heterocycles. The maximum atomic E-state index is 13.5. The molecule has 0 fully saturated rings. The highest BCUT2D eigenvalue weighted by atomic mass is 19.1. The minimum absolute atomic E-state index is 0.0548. The number of nitrogens with one attached hydrogen (secondary N) is 1. The number of carbonyl (C=O) groups is 1. The van der Waals surface area contributed by atoms with E-state index < -0.39 is 11.7 Å². The van der Waals surface area contributed by atoms with Crippen LogP contribution in [0.25, 0.3) is 0 Å². The molecule has 5 heteroatoms. The van der Waals surface area contributed by atoms with Crippen LogP contribution in [0.1, 0.15) is 36.5 Å². The van der Waals surface area contributed by atoms with Gasteiger partial charge in [-0.2, -0.15) is 0 Å². The molecule has 1 atom stereocenters. The first kappa shape index (κ1) is 15.4. The molecule has 1 amide bonds. The maximum absolute atomic E-state index is 13.5. The summed E-state index contributed by atoms with van der Waals surface area (Å²) in [6.07, 6.45) is 2.84. The number of amides is 1. The molecule has 0 heterocycles. The van der Waals surface area contributed by atoms with Crippen molar-refractivity contribution in [2.45, 2.75) is 26.2 Å². The van der Waals surface area contributed by atoms with E-state index in [0.717, 1.165) is 25.3 Å². The number of phenols is 1. The van der Waals surface area contributed by atoms with Gasteiger partial charge in [0.1, 0.15) is 11.6 Å². The summed E-state index contributed by atoms with van der Waals surface area (Å²) in [5.74, 6) is -1.06. The first-order chi connectivity index (χ1) is 9.08. The monoisotopic (exact) mass is 268 g/mol. The Labute approximate surface area is 112 Å². The third-order valence-corrected chi connectivity index (χ3v) is 3.02. The van der Waals surface area contributed by atoms with Crippen LogP contribution in [0.15, 0.2) is 18.2 Å². The second-order valence-electron chi connectivity index (χ2n) is 4.61. The SMILES string of the molecule is CCCC(CCN)CNC(=O)c1ccc(O)cc1F. The zero-order valence-corrected chi connectivity index (χ0v) is 11.2. The number of hydrogen-bond donors (Lipinski definition) is 3. The third-order valence-electron chi connectivity index (χ3n) is 3.02. The molecule has 0 aromatic heterocycles. The van der Waals surface area contributed by atoms with Crippen molar-refractivity contribution < 1.29 is 14.3 Å². The fraction of sp³-hybridized carbons (Fsp3) is 0.500. The highest BCUT2D eigenvalue weighted by molar-refractivity contribution is 5.94. The van der Waals surface area contributed by atoms with Crippen LogP contribution in [0.2, 0.25) is 0 Å². The summed E-state index contributed by atoms with van der Waals surface area (Å²) in [6, 6.07) is 3.50. The quantitative estimate of drug-likeness (QED) is 0.708. The van der Waals surface area contributed by atoms with Crippen LogP contribution in [-0.4, -0.2) is 24.1 Å². The summed E-state index contributed by atoms with van der Waals surface area (Å²) in [6.45, 7) is 3.14. The van der Waals surface area contributed by atoms with E-state index in [2.05, 4.69) is 12.2 Å². The second kappa shape index (κ2) is 7.74. The molecule has 4 N–H and O–H groups in total. The van der Waals surface area contributed by atoms with Gasteiger partial charge >= 0.3 is 0 Å². The summed E-state index contributed by atoms with van der Waals surface area (Å²) in [7, 11) is 0. The minimum atomic E-state index is -0.719. The molecule has 1 aromatic carbocycles. The van der Waals surface area contributed by atoms with E-state index in [1.165, 1.54) is 12.1 Å². The first-order valence-corrected chi connectivity index (χ1v) is 6.55. The predicted molar refractivity (Wildman–Crippen MR) is 72.5 cm³/mol. The van der Waals surface area contributed by atoms with Crippen molar-refractivity contribution in [2.24, 2.45) is 11.7 Å². The van der Waals surface area contributed by atoms with Crippen molar-refractivity contribution in [3.8, 4) is 5.75 Å². The number of halogens is 1. The van der Waals surface area contributed by atoms with E-state index in [1.807, 2.05) is 0 Å². The van der Waals surface area contributed by atoms with Crippen LogP contribution in [0, 0.1) is 11.7 Å². The molecule has 0 saturated carbocycles. The van der Waals surface area contributed by atoms with Crippen molar-refractivity contribution >= 4 is 5.91 Å². The van der Waals surface area contributed by atoms with E-state index in [9.17, 15) is 9.18 Å². The van der Waals surface area contributed by atoms with E-state index in [-0.39, 0.29) is 11.3 Å². The van der Waals surface area contributed by atoms with Crippen LogP contribution < -0.4 is 11.1 Å². The van der Waals surface area contributed by atoms with E-state index in [1.54, 1.807) is 0 Å². The lowest BCUT2D eigenvalue weighted by atomic mass is 10.00. The lowest BCUT2D eigenvalue weighted by Gasteiger charge is -2.16. The van der Waals surface area contributed by atoms with Crippen LogP contribution >= 0.6 is 0 Å². The lowest BCUT2D eigenvalue weighted by Crippen LogP contribution is -2.30. The normalized spacial score (nSPS) is 12.2. The largest absolute Gasteiger partial charge is 0.508 e. The summed E-state index contributed by atoms with van der Waals surface area (Å²) in [5, 5.41) is 11.8. The maximum Gasteiger partial charge on any atom is 0.254 e. The molecule has 0 radical (unpaired) electrons. The molecule has 1 rings (SSSR count). The van der Waals surface area contributed by atoms with Crippen molar-refractivity contribution in [1.29, 1.82) is 0 Å². The fourth-order valence-corrected chi connectivity index (χ4v) is 2.01. The van der Waals surface area contributed by atoms with E-state index in [0.29, 0.717) is 19.0 Å². The van der Waals surface area contributed by atoms with Gasteiger partial charge in [-0.1, -0.05) is 13.3 Å². The second-order valence-corrected chi connectivity index (χ2v) is 4.61. The van der Waals surface area contributed by atoms with Gasteiger partial charge in [-0.25, -0.2) is 4.39 Å². The first-order valence-electron chi connectivity index (χ1n) is 6.55. The average Bonchev–Trinajstić information content (AvgIpc) is 2.36.